The number of anilines is 2. The number of hydrogen-bond donors (Lipinski definition) is 3. The molecule has 178 valence electrons. The Morgan fingerprint density at radius 2 is 1.94 bits per heavy atom. The highest BCUT2D eigenvalue weighted by molar-refractivity contribution is 6.04. The minimum atomic E-state index is -0.235. The fourth-order valence-electron chi connectivity index (χ4n) is 5.02. The molecule has 1 saturated heterocycles. The van der Waals surface area contributed by atoms with Gasteiger partial charge in [0, 0.05) is 67.1 Å². The molecule has 9 heteroatoms. The predicted octanol–water partition coefficient (Wildman–Crippen LogP) is 3.06. The van der Waals surface area contributed by atoms with Crippen molar-refractivity contribution in [3.63, 3.8) is 0 Å². The van der Waals surface area contributed by atoms with Gasteiger partial charge in [-0.2, -0.15) is 5.10 Å². The Morgan fingerprint density at radius 1 is 1.06 bits per heavy atom. The van der Waals surface area contributed by atoms with Gasteiger partial charge in [-0.05, 0) is 55.2 Å². The summed E-state index contributed by atoms with van der Waals surface area (Å²) in [7, 11) is 0. The van der Waals surface area contributed by atoms with Crippen LogP contribution in [0.25, 0.3) is 10.9 Å². The van der Waals surface area contributed by atoms with Crippen LogP contribution in [-0.2, 0) is 19.5 Å². The van der Waals surface area contributed by atoms with Crippen molar-refractivity contribution >= 4 is 28.3 Å². The van der Waals surface area contributed by atoms with Gasteiger partial charge in [-0.3, -0.25) is 19.6 Å². The standard InChI is InChI=1S/C26H27N7O2/c34-24-8-4-18-13-19(5-6-21(18)29-24)28-26(35)25-20-9-12-32(16-22(20)30-31-25)15-17-3-7-23(27-14-17)33-10-1-2-11-33/h3-8,13-14H,1-2,9-12,15-16H2,(H,28,35)(H,29,34)(H,30,31). The monoisotopic (exact) mass is 469 g/mol. The molecule has 1 aromatic carbocycles. The Labute approximate surface area is 202 Å². The van der Waals surface area contributed by atoms with Crippen molar-refractivity contribution in [3.05, 3.63) is 81.5 Å². The molecule has 35 heavy (non-hydrogen) atoms. The summed E-state index contributed by atoms with van der Waals surface area (Å²) in [4.78, 5) is 36.6. The highest BCUT2D eigenvalue weighted by Gasteiger charge is 2.25. The van der Waals surface area contributed by atoms with E-state index >= 15 is 0 Å². The number of nitrogens with zero attached hydrogens (tertiary/aromatic N) is 4. The van der Waals surface area contributed by atoms with Crippen LogP contribution in [0.4, 0.5) is 11.5 Å². The van der Waals surface area contributed by atoms with Crippen LogP contribution in [0.1, 0.15) is 40.2 Å². The highest BCUT2D eigenvalue weighted by Crippen LogP contribution is 2.24. The molecule has 0 unspecified atom stereocenters. The lowest BCUT2D eigenvalue weighted by molar-refractivity contribution is 0.102. The lowest BCUT2D eigenvalue weighted by Crippen LogP contribution is -2.30. The zero-order valence-electron chi connectivity index (χ0n) is 19.4. The molecular weight excluding hydrogens is 442 g/mol. The van der Waals surface area contributed by atoms with Crippen LogP contribution in [0.3, 0.4) is 0 Å². The first-order valence-corrected chi connectivity index (χ1v) is 12.1. The second kappa shape index (κ2) is 8.99. The molecule has 9 nitrogen and oxygen atoms in total. The maximum atomic E-state index is 13.0. The molecule has 1 amide bonds. The van der Waals surface area contributed by atoms with Crippen molar-refractivity contribution in [1.82, 2.24) is 25.1 Å². The van der Waals surface area contributed by atoms with Gasteiger partial charge in [0.2, 0.25) is 5.56 Å². The Morgan fingerprint density at radius 3 is 2.77 bits per heavy atom. The summed E-state index contributed by atoms with van der Waals surface area (Å²) < 4.78 is 0. The second-order valence-electron chi connectivity index (χ2n) is 9.29. The van der Waals surface area contributed by atoms with Crippen molar-refractivity contribution in [2.75, 3.05) is 29.9 Å². The first-order valence-electron chi connectivity index (χ1n) is 12.1. The molecule has 0 atom stereocenters. The Hall–Kier alpha value is -3.98. The summed E-state index contributed by atoms with van der Waals surface area (Å²) in [6.07, 6.45) is 5.23. The van der Waals surface area contributed by atoms with E-state index in [1.54, 1.807) is 18.2 Å². The van der Waals surface area contributed by atoms with Crippen LogP contribution >= 0.6 is 0 Å². The van der Waals surface area contributed by atoms with Gasteiger partial charge in [0.05, 0.1) is 5.69 Å². The summed E-state index contributed by atoms with van der Waals surface area (Å²) in [5.74, 6) is 0.831. The SMILES string of the molecule is O=C(Nc1ccc2[nH]c(=O)ccc2c1)c1n[nH]c2c1CCN(Cc1ccc(N3CCCC3)nc1)C2. The fourth-order valence-corrected chi connectivity index (χ4v) is 5.02. The molecule has 3 N–H and O–H groups in total. The summed E-state index contributed by atoms with van der Waals surface area (Å²) >= 11 is 0. The molecule has 1 fully saturated rings. The second-order valence-corrected chi connectivity index (χ2v) is 9.29. The van der Waals surface area contributed by atoms with Crippen LogP contribution in [0, 0.1) is 0 Å². The van der Waals surface area contributed by atoms with E-state index in [1.165, 1.54) is 24.5 Å². The van der Waals surface area contributed by atoms with Gasteiger partial charge in [0.15, 0.2) is 5.69 Å². The first kappa shape index (κ1) is 21.5. The molecule has 0 radical (unpaired) electrons. The number of nitrogens with one attached hydrogen (secondary N) is 3. The number of hydrogen-bond acceptors (Lipinski definition) is 6. The van der Waals surface area contributed by atoms with E-state index < -0.39 is 0 Å². The fraction of sp³-hybridized carbons (Fsp3) is 0.308. The molecule has 6 rings (SSSR count). The van der Waals surface area contributed by atoms with Gasteiger partial charge in [-0.25, -0.2) is 4.98 Å². The number of benzene rings is 1. The maximum Gasteiger partial charge on any atom is 0.276 e. The normalized spacial score (nSPS) is 15.9. The average molecular weight is 470 g/mol. The zero-order valence-corrected chi connectivity index (χ0v) is 19.4. The smallest absolute Gasteiger partial charge is 0.276 e. The number of aromatic amines is 2. The van der Waals surface area contributed by atoms with Gasteiger partial charge >= 0.3 is 0 Å². The summed E-state index contributed by atoms with van der Waals surface area (Å²) in [6, 6.07) is 12.9. The molecule has 0 saturated carbocycles. The minimum Gasteiger partial charge on any atom is -0.357 e. The van der Waals surface area contributed by atoms with E-state index in [0.29, 0.717) is 17.9 Å². The third kappa shape index (κ3) is 4.42. The van der Waals surface area contributed by atoms with Crippen molar-refractivity contribution in [2.45, 2.75) is 32.4 Å². The van der Waals surface area contributed by atoms with E-state index in [1.807, 2.05) is 12.3 Å². The minimum absolute atomic E-state index is 0.151. The van der Waals surface area contributed by atoms with Crippen molar-refractivity contribution < 1.29 is 4.79 Å². The lowest BCUT2D eigenvalue weighted by atomic mass is 10.0. The molecule has 5 heterocycles. The molecular formula is C26H27N7O2. The molecule has 0 aliphatic carbocycles. The summed E-state index contributed by atoms with van der Waals surface area (Å²) in [5, 5.41) is 11.2. The summed E-state index contributed by atoms with van der Waals surface area (Å²) in [5.41, 5.74) is 4.83. The lowest BCUT2D eigenvalue weighted by Gasteiger charge is -2.26. The predicted molar refractivity (Wildman–Crippen MR) is 135 cm³/mol. The number of carbonyl (C=O) groups is 1. The van der Waals surface area contributed by atoms with Gasteiger partial charge in [0.25, 0.3) is 5.91 Å². The largest absolute Gasteiger partial charge is 0.357 e. The number of rotatable bonds is 5. The van der Waals surface area contributed by atoms with Crippen molar-refractivity contribution in [1.29, 1.82) is 0 Å². The van der Waals surface area contributed by atoms with Crippen LogP contribution < -0.4 is 15.8 Å². The number of H-pyrrole nitrogens is 2. The molecule has 2 aliphatic rings. The van der Waals surface area contributed by atoms with Gasteiger partial charge < -0.3 is 15.2 Å². The summed E-state index contributed by atoms with van der Waals surface area (Å²) in [6.45, 7) is 4.57. The quantitative estimate of drug-likeness (QED) is 0.414. The van der Waals surface area contributed by atoms with Crippen molar-refractivity contribution in [2.24, 2.45) is 0 Å². The average Bonchev–Trinajstić information content (AvgIpc) is 3.55. The molecule has 0 bridgehead atoms. The zero-order chi connectivity index (χ0) is 23.8. The van der Waals surface area contributed by atoms with E-state index in [2.05, 4.69) is 47.4 Å². The van der Waals surface area contributed by atoms with Gasteiger partial charge in [-0.1, -0.05) is 6.07 Å². The number of amides is 1. The van der Waals surface area contributed by atoms with E-state index in [0.717, 1.165) is 60.6 Å². The third-order valence-electron chi connectivity index (χ3n) is 6.85. The van der Waals surface area contributed by atoms with Crippen LogP contribution in [0.2, 0.25) is 0 Å². The molecule has 0 spiro atoms. The Kier molecular flexibility index (Phi) is 5.54. The third-order valence-corrected chi connectivity index (χ3v) is 6.85. The number of carbonyl (C=O) groups excluding carboxylic acids is 1. The Bertz CT molecular complexity index is 1430. The van der Waals surface area contributed by atoms with Crippen LogP contribution in [-0.4, -0.2) is 50.6 Å². The van der Waals surface area contributed by atoms with Crippen LogP contribution in [0.15, 0.2) is 53.5 Å². The first-order chi connectivity index (χ1) is 17.1. The number of pyridine rings is 2. The topological polar surface area (TPSA) is 110 Å². The van der Waals surface area contributed by atoms with E-state index in [4.69, 9.17) is 0 Å². The van der Waals surface area contributed by atoms with E-state index in [-0.39, 0.29) is 11.5 Å². The van der Waals surface area contributed by atoms with Crippen molar-refractivity contribution in [3.8, 4) is 0 Å². The van der Waals surface area contributed by atoms with E-state index in [9.17, 15) is 9.59 Å². The molecule has 2 aliphatic heterocycles. The number of aromatic nitrogens is 4. The highest BCUT2D eigenvalue weighted by atomic mass is 16.2. The molecule has 3 aromatic heterocycles. The van der Waals surface area contributed by atoms with Crippen LogP contribution in [0.5, 0.6) is 0 Å². The molecule has 4 aromatic rings. The number of fused-ring (bicyclic) bond motifs is 2. The van der Waals surface area contributed by atoms with Gasteiger partial charge in [0.1, 0.15) is 5.82 Å². The van der Waals surface area contributed by atoms with Gasteiger partial charge in [-0.15, -0.1) is 0 Å². The Balaban J connectivity index is 1.11. The maximum absolute atomic E-state index is 13.0.